The summed E-state index contributed by atoms with van der Waals surface area (Å²) in [5, 5.41) is 0. The molecule has 0 unspecified atom stereocenters. The molecule has 10 nitrogen and oxygen atoms in total. The number of piperazine rings is 1. The molecule has 39 heavy (non-hydrogen) atoms. The van der Waals surface area contributed by atoms with Gasteiger partial charge in [-0.15, -0.1) is 0 Å². The Morgan fingerprint density at radius 2 is 1.67 bits per heavy atom. The number of amides is 1. The number of nitrogens with zero attached hydrogens (tertiary/aromatic N) is 4. The SMILES string of the molecule is COc1cc(C)c(S(=O)(=O)N2CC(C)(C)OC[C@H]2COCC(=O)N2CCN(C3CCN(C)CC3)CC2)c(C)c1. The van der Waals surface area contributed by atoms with Crippen molar-refractivity contribution in [2.24, 2.45) is 0 Å². The molecule has 1 amide bonds. The van der Waals surface area contributed by atoms with Crippen LogP contribution < -0.4 is 4.74 Å². The van der Waals surface area contributed by atoms with Gasteiger partial charge in [-0.1, -0.05) is 0 Å². The molecule has 0 radical (unpaired) electrons. The molecule has 1 aromatic rings. The number of rotatable bonds is 8. The number of carbonyl (C=O) groups is 1. The third-order valence-electron chi connectivity index (χ3n) is 8.25. The zero-order chi connectivity index (χ0) is 28.4. The summed E-state index contributed by atoms with van der Waals surface area (Å²) in [6.07, 6.45) is 2.37. The molecule has 1 aromatic carbocycles. The maximum atomic E-state index is 13.9. The van der Waals surface area contributed by atoms with E-state index in [4.69, 9.17) is 14.2 Å². The van der Waals surface area contributed by atoms with Crippen LogP contribution in [0.3, 0.4) is 0 Å². The highest BCUT2D eigenvalue weighted by Gasteiger charge is 2.42. The van der Waals surface area contributed by atoms with Crippen LogP contribution in [0.15, 0.2) is 17.0 Å². The van der Waals surface area contributed by atoms with E-state index in [0.29, 0.717) is 36.0 Å². The Balaban J connectivity index is 1.35. The molecular formula is C28H46N4O6S. The third kappa shape index (κ3) is 7.12. The molecule has 3 heterocycles. The molecule has 220 valence electrons. The van der Waals surface area contributed by atoms with Crippen LogP contribution in [0.2, 0.25) is 0 Å². The Morgan fingerprint density at radius 1 is 1.05 bits per heavy atom. The average Bonchev–Trinajstić information content (AvgIpc) is 2.89. The van der Waals surface area contributed by atoms with Crippen molar-refractivity contribution in [1.82, 2.24) is 19.0 Å². The van der Waals surface area contributed by atoms with Crippen LogP contribution in [0.25, 0.3) is 0 Å². The monoisotopic (exact) mass is 566 g/mol. The van der Waals surface area contributed by atoms with Crippen LogP contribution in [-0.4, -0.2) is 131 Å². The Kier molecular flexibility index (Phi) is 9.60. The first-order chi connectivity index (χ1) is 18.4. The van der Waals surface area contributed by atoms with Crippen molar-refractivity contribution in [1.29, 1.82) is 0 Å². The number of benzene rings is 1. The van der Waals surface area contributed by atoms with Crippen molar-refractivity contribution < 1.29 is 27.4 Å². The molecule has 0 spiro atoms. The third-order valence-corrected chi connectivity index (χ3v) is 10.5. The number of hydrogen-bond donors (Lipinski definition) is 0. The topological polar surface area (TPSA) is 91.9 Å². The maximum absolute atomic E-state index is 13.9. The lowest BCUT2D eigenvalue weighted by atomic mass is 10.0. The number of hydrogen-bond acceptors (Lipinski definition) is 8. The Morgan fingerprint density at radius 3 is 2.26 bits per heavy atom. The van der Waals surface area contributed by atoms with Gasteiger partial charge in [0.15, 0.2) is 0 Å². The molecule has 0 saturated carbocycles. The van der Waals surface area contributed by atoms with Crippen molar-refractivity contribution in [2.75, 3.05) is 79.8 Å². The molecule has 0 N–H and O–H groups in total. The highest BCUT2D eigenvalue weighted by Crippen LogP contribution is 2.32. The fourth-order valence-corrected chi connectivity index (χ4v) is 8.15. The van der Waals surface area contributed by atoms with Gasteiger partial charge >= 0.3 is 0 Å². The number of methoxy groups -OCH3 is 1. The second-order valence-electron chi connectivity index (χ2n) is 11.8. The van der Waals surface area contributed by atoms with Crippen molar-refractivity contribution in [3.63, 3.8) is 0 Å². The molecule has 3 aliphatic heterocycles. The Labute approximate surface area is 234 Å². The molecule has 3 fully saturated rings. The van der Waals surface area contributed by atoms with Crippen LogP contribution in [-0.2, 0) is 24.3 Å². The number of ether oxygens (including phenoxy) is 3. The second kappa shape index (κ2) is 12.4. The predicted octanol–water partition coefficient (Wildman–Crippen LogP) is 1.74. The minimum Gasteiger partial charge on any atom is -0.497 e. The normalized spacial score (nSPS) is 24.2. The van der Waals surface area contributed by atoms with Crippen molar-refractivity contribution >= 4 is 15.9 Å². The quantitative estimate of drug-likeness (QED) is 0.470. The summed E-state index contributed by atoms with van der Waals surface area (Å²) >= 11 is 0. The van der Waals surface area contributed by atoms with Crippen LogP contribution >= 0.6 is 0 Å². The van der Waals surface area contributed by atoms with Gasteiger partial charge < -0.3 is 24.0 Å². The van der Waals surface area contributed by atoms with E-state index in [2.05, 4.69) is 16.8 Å². The Hall–Kier alpha value is -1.76. The summed E-state index contributed by atoms with van der Waals surface area (Å²) in [7, 11) is -0.110. The zero-order valence-electron chi connectivity index (χ0n) is 24.4. The maximum Gasteiger partial charge on any atom is 0.248 e. The molecule has 0 aliphatic carbocycles. The van der Waals surface area contributed by atoms with Crippen molar-refractivity contribution in [2.45, 2.75) is 63.1 Å². The summed E-state index contributed by atoms with van der Waals surface area (Å²) in [6.45, 7) is 13.2. The largest absolute Gasteiger partial charge is 0.497 e. The van der Waals surface area contributed by atoms with Crippen LogP contribution in [0.5, 0.6) is 5.75 Å². The van der Waals surface area contributed by atoms with Gasteiger partial charge in [-0.25, -0.2) is 8.42 Å². The lowest BCUT2D eigenvalue weighted by Gasteiger charge is -2.43. The summed E-state index contributed by atoms with van der Waals surface area (Å²) in [4.78, 5) is 20.0. The van der Waals surface area contributed by atoms with Gasteiger partial charge in [0, 0.05) is 38.8 Å². The Bertz CT molecular complexity index is 1090. The number of piperidine rings is 1. The first-order valence-electron chi connectivity index (χ1n) is 14.0. The van der Waals surface area contributed by atoms with E-state index in [1.807, 2.05) is 18.7 Å². The van der Waals surface area contributed by atoms with Gasteiger partial charge in [0.2, 0.25) is 15.9 Å². The first-order valence-corrected chi connectivity index (χ1v) is 15.4. The van der Waals surface area contributed by atoms with E-state index < -0.39 is 21.7 Å². The molecular weight excluding hydrogens is 520 g/mol. The summed E-state index contributed by atoms with van der Waals surface area (Å²) in [5.41, 5.74) is 0.622. The van der Waals surface area contributed by atoms with Crippen LogP contribution in [0.1, 0.15) is 37.8 Å². The van der Waals surface area contributed by atoms with Gasteiger partial charge in [0.05, 0.1) is 36.9 Å². The van der Waals surface area contributed by atoms with E-state index in [1.165, 1.54) is 17.1 Å². The van der Waals surface area contributed by atoms with E-state index in [9.17, 15) is 13.2 Å². The average molecular weight is 567 g/mol. The standard InChI is InChI=1S/C28H46N4O6S/c1-21-15-25(36-6)16-22(2)27(21)39(34,35)32-20-28(3,4)38-18-24(32)17-37-19-26(33)31-13-11-30(12-14-31)23-7-9-29(5)10-8-23/h15-16,23-24H,7-14,17-20H2,1-6H3/t24-/m1/s1. The van der Waals surface area contributed by atoms with Crippen LogP contribution in [0, 0.1) is 13.8 Å². The molecule has 4 rings (SSSR count). The summed E-state index contributed by atoms with van der Waals surface area (Å²) < 4.78 is 46.5. The molecule has 3 aliphatic rings. The molecule has 0 bridgehead atoms. The van der Waals surface area contributed by atoms with Gasteiger partial charge in [-0.05, 0) is 83.9 Å². The van der Waals surface area contributed by atoms with E-state index in [1.54, 1.807) is 33.1 Å². The number of sulfonamides is 1. The van der Waals surface area contributed by atoms with Gasteiger partial charge in [-0.2, -0.15) is 4.31 Å². The molecule has 0 aromatic heterocycles. The van der Waals surface area contributed by atoms with Crippen LogP contribution in [0.4, 0.5) is 0 Å². The van der Waals surface area contributed by atoms with Crippen molar-refractivity contribution in [3.05, 3.63) is 23.3 Å². The lowest BCUT2D eigenvalue weighted by molar-refractivity contribution is -0.141. The molecule has 11 heteroatoms. The fourth-order valence-electron chi connectivity index (χ4n) is 5.99. The predicted molar refractivity (Wildman–Crippen MR) is 150 cm³/mol. The van der Waals surface area contributed by atoms with Crippen molar-refractivity contribution in [3.8, 4) is 5.75 Å². The highest BCUT2D eigenvalue weighted by atomic mass is 32.2. The van der Waals surface area contributed by atoms with Gasteiger partial charge in [0.1, 0.15) is 12.4 Å². The molecule has 3 saturated heterocycles. The fraction of sp³-hybridized carbons (Fsp3) is 0.750. The van der Waals surface area contributed by atoms with Gasteiger partial charge in [-0.3, -0.25) is 9.69 Å². The smallest absolute Gasteiger partial charge is 0.248 e. The minimum atomic E-state index is -3.85. The van der Waals surface area contributed by atoms with E-state index in [-0.39, 0.29) is 37.2 Å². The first kappa shape index (κ1) is 30.2. The summed E-state index contributed by atoms with van der Waals surface area (Å²) in [5.74, 6) is 0.572. The lowest BCUT2D eigenvalue weighted by Crippen LogP contribution is -2.58. The van der Waals surface area contributed by atoms with E-state index in [0.717, 1.165) is 26.2 Å². The second-order valence-corrected chi connectivity index (χ2v) is 13.7. The number of likely N-dealkylation sites (tertiary alicyclic amines) is 1. The molecule has 1 atom stereocenters. The van der Waals surface area contributed by atoms with E-state index >= 15 is 0 Å². The number of carbonyl (C=O) groups excluding carboxylic acids is 1. The number of aryl methyl sites for hydroxylation is 2. The summed E-state index contributed by atoms with van der Waals surface area (Å²) in [6, 6.07) is 3.55. The minimum absolute atomic E-state index is 0.0497. The zero-order valence-corrected chi connectivity index (χ0v) is 25.3. The number of morpholine rings is 1. The highest BCUT2D eigenvalue weighted by molar-refractivity contribution is 7.89. The van der Waals surface area contributed by atoms with Gasteiger partial charge in [0.25, 0.3) is 0 Å².